The molecule has 3 nitrogen and oxygen atoms in total. The number of halogens is 1. The fourth-order valence-electron chi connectivity index (χ4n) is 3.93. The summed E-state index contributed by atoms with van der Waals surface area (Å²) in [5.74, 6) is 0.101. The molecule has 0 unspecified atom stereocenters. The Morgan fingerprint density at radius 3 is 2.38 bits per heavy atom. The minimum Gasteiger partial charge on any atom is -0.345 e. The second-order valence-electron chi connectivity index (χ2n) is 8.45. The number of carbonyl (C=O) groups is 1. The van der Waals surface area contributed by atoms with Gasteiger partial charge in [0, 0.05) is 35.6 Å². The molecule has 1 amide bonds. The van der Waals surface area contributed by atoms with Crippen LogP contribution in [-0.2, 0) is 19.5 Å². The van der Waals surface area contributed by atoms with Crippen LogP contribution in [0.25, 0.3) is 0 Å². The summed E-state index contributed by atoms with van der Waals surface area (Å²) < 4.78 is 2.18. The lowest BCUT2D eigenvalue weighted by atomic mass is 10.0. The lowest BCUT2D eigenvalue weighted by Crippen LogP contribution is -2.32. The smallest absolute Gasteiger partial charge is 0.254 e. The second-order valence-corrected chi connectivity index (χ2v) is 8.86. The molecule has 0 bridgehead atoms. The number of aryl methyl sites for hydroxylation is 1. The fraction of sp³-hybridized carbons (Fsp3) is 0.393. The first kappa shape index (κ1) is 24.1. The summed E-state index contributed by atoms with van der Waals surface area (Å²) >= 11 is 6.37. The Morgan fingerprint density at radius 1 is 0.906 bits per heavy atom. The highest BCUT2D eigenvalue weighted by atomic mass is 35.5. The Balaban J connectivity index is 1.72. The maximum Gasteiger partial charge on any atom is 0.254 e. The van der Waals surface area contributed by atoms with E-state index < -0.39 is 0 Å². The summed E-state index contributed by atoms with van der Waals surface area (Å²) in [6.07, 6.45) is 8.87. The van der Waals surface area contributed by atoms with Crippen molar-refractivity contribution in [3.63, 3.8) is 0 Å². The number of unbranched alkanes of at least 4 members (excludes halogenated alkanes) is 3. The summed E-state index contributed by atoms with van der Waals surface area (Å²) in [7, 11) is 0. The highest BCUT2D eigenvalue weighted by Crippen LogP contribution is 2.19. The van der Waals surface area contributed by atoms with Gasteiger partial charge in [-0.3, -0.25) is 4.79 Å². The molecule has 0 aliphatic heterocycles. The summed E-state index contributed by atoms with van der Waals surface area (Å²) in [5.41, 5.74) is 4.27. The normalized spacial score (nSPS) is 11.0. The van der Waals surface area contributed by atoms with Gasteiger partial charge in [-0.05, 0) is 60.7 Å². The minimum atomic E-state index is 0.101. The van der Waals surface area contributed by atoms with Gasteiger partial charge in [0.1, 0.15) is 0 Å². The van der Waals surface area contributed by atoms with Crippen LogP contribution in [0.4, 0.5) is 0 Å². The molecule has 0 spiro atoms. The zero-order valence-corrected chi connectivity index (χ0v) is 20.2. The fourth-order valence-corrected chi connectivity index (χ4v) is 4.13. The maximum atomic E-state index is 13.4. The summed E-state index contributed by atoms with van der Waals surface area (Å²) in [6.45, 7) is 6.43. The van der Waals surface area contributed by atoms with Crippen molar-refractivity contribution in [3.05, 3.63) is 94.3 Å². The molecule has 3 rings (SSSR count). The van der Waals surface area contributed by atoms with Crippen LogP contribution in [0.3, 0.4) is 0 Å². The van der Waals surface area contributed by atoms with Gasteiger partial charge in [0.25, 0.3) is 5.91 Å². The van der Waals surface area contributed by atoms with Crippen LogP contribution < -0.4 is 0 Å². The Labute approximate surface area is 198 Å². The molecule has 2 aromatic carbocycles. The molecule has 0 N–H and O–H groups in total. The number of carbonyl (C=O) groups excluding carboxylic acids is 1. The molecule has 0 fully saturated rings. The monoisotopic (exact) mass is 450 g/mol. The standard InChI is InChI=1S/C28H35ClN2O/c1-3-5-7-11-23-15-17-24(18-16-23)28(32)31(19-6-4-2)22-26-13-10-20-30(26)21-25-12-8-9-14-27(25)29/h8-10,12-18,20H,3-7,11,19,21-22H2,1-2H3. The molecule has 0 radical (unpaired) electrons. The van der Waals surface area contributed by atoms with Gasteiger partial charge in [-0.15, -0.1) is 0 Å². The van der Waals surface area contributed by atoms with E-state index in [-0.39, 0.29) is 5.91 Å². The van der Waals surface area contributed by atoms with Gasteiger partial charge in [-0.2, -0.15) is 0 Å². The van der Waals surface area contributed by atoms with Crippen LogP contribution in [0.1, 0.15) is 73.1 Å². The number of hydrogen-bond acceptors (Lipinski definition) is 1. The molecule has 3 aromatic rings. The van der Waals surface area contributed by atoms with E-state index >= 15 is 0 Å². The van der Waals surface area contributed by atoms with Crippen molar-refractivity contribution < 1.29 is 4.79 Å². The van der Waals surface area contributed by atoms with Crippen molar-refractivity contribution in [2.24, 2.45) is 0 Å². The molecule has 0 aliphatic rings. The molecule has 0 aliphatic carbocycles. The topological polar surface area (TPSA) is 25.2 Å². The quantitative estimate of drug-likeness (QED) is 0.264. The Bertz CT molecular complexity index is 977. The van der Waals surface area contributed by atoms with Crippen molar-refractivity contribution >= 4 is 17.5 Å². The van der Waals surface area contributed by atoms with Crippen LogP contribution in [-0.4, -0.2) is 21.9 Å². The third kappa shape index (κ3) is 6.74. The maximum absolute atomic E-state index is 13.4. The van der Waals surface area contributed by atoms with Gasteiger partial charge in [0.2, 0.25) is 0 Å². The number of nitrogens with zero attached hydrogens (tertiary/aromatic N) is 2. The summed E-state index contributed by atoms with van der Waals surface area (Å²) in [6, 6.07) is 20.3. The minimum absolute atomic E-state index is 0.101. The zero-order chi connectivity index (χ0) is 22.8. The predicted molar refractivity (Wildman–Crippen MR) is 134 cm³/mol. The average molecular weight is 451 g/mol. The van der Waals surface area contributed by atoms with Gasteiger partial charge in [-0.25, -0.2) is 0 Å². The first-order valence-electron chi connectivity index (χ1n) is 11.9. The molecule has 170 valence electrons. The molecule has 0 saturated heterocycles. The molecular weight excluding hydrogens is 416 g/mol. The number of aromatic nitrogens is 1. The van der Waals surface area contributed by atoms with Crippen molar-refractivity contribution in [3.8, 4) is 0 Å². The summed E-state index contributed by atoms with van der Waals surface area (Å²) in [4.78, 5) is 15.3. The van der Waals surface area contributed by atoms with E-state index in [0.717, 1.165) is 47.7 Å². The van der Waals surface area contributed by atoms with Crippen LogP contribution in [0, 0.1) is 0 Å². The van der Waals surface area contributed by atoms with Crippen LogP contribution in [0.2, 0.25) is 5.02 Å². The van der Waals surface area contributed by atoms with Crippen molar-refractivity contribution in [1.82, 2.24) is 9.47 Å². The highest BCUT2D eigenvalue weighted by molar-refractivity contribution is 6.31. The molecule has 0 saturated carbocycles. The third-order valence-electron chi connectivity index (χ3n) is 5.91. The van der Waals surface area contributed by atoms with Crippen molar-refractivity contribution in [2.75, 3.05) is 6.54 Å². The van der Waals surface area contributed by atoms with Gasteiger partial charge >= 0.3 is 0 Å². The molecule has 1 heterocycles. The lowest BCUT2D eigenvalue weighted by molar-refractivity contribution is 0.0737. The van der Waals surface area contributed by atoms with E-state index in [1.807, 2.05) is 47.4 Å². The Kier molecular flexibility index (Phi) is 9.43. The van der Waals surface area contributed by atoms with Crippen molar-refractivity contribution in [2.45, 2.75) is 65.5 Å². The molecule has 1 aromatic heterocycles. The van der Waals surface area contributed by atoms with Crippen molar-refractivity contribution in [1.29, 1.82) is 0 Å². The highest BCUT2D eigenvalue weighted by Gasteiger charge is 2.17. The van der Waals surface area contributed by atoms with Gasteiger partial charge in [0.15, 0.2) is 0 Å². The Morgan fingerprint density at radius 2 is 1.66 bits per heavy atom. The SMILES string of the molecule is CCCCCc1ccc(C(=O)N(CCCC)Cc2cccn2Cc2ccccc2Cl)cc1. The molecular formula is C28H35ClN2O. The van der Waals surface area contributed by atoms with Gasteiger partial charge in [-0.1, -0.05) is 75.0 Å². The summed E-state index contributed by atoms with van der Waals surface area (Å²) in [5, 5.41) is 0.769. The molecule has 32 heavy (non-hydrogen) atoms. The predicted octanol–water partition coefficient (Wildman–Crippen LogP) is 7.37. The van der Waals surface area contributed by atoms with E-state index in [2.05, 4.69) is 42.8 Å². The molecule has 0 atom stereocenters. The van der Waals surface area contributed by atoms with Crippen LogP contribution >= 0.6 is 11.6 Å². The van der Waals surface area contributed by atoms with Crippen LogP contribution in [0.15, 0.2) is 66.9 Å². The zero-order valence-electron chi connectivity index (χ0n) is 19.4. The Hall–Kier alpha value is -2.52. The second kappa shape index (κ2) is 12.5. The van der Waals surface area contributed by atoms with Gasteiger partial charge in [0.05, 0.1) is 6.54 Å². The number of amides is 1. The lowest BCUT2D eigenvalue weighted by Gasteiger charge is -2.24. The van der Waals surface area contributed by atoms with E-state index in [0.29, 0.717) is 13.1 Å². The first-order chi connectivity index (χ1) is 15.6. The number of benzene rings is 2. The largest absolute Gasteiger partial charge is 0.345 e. The van der Waals surface area contributed by atoms with E-state index in [1.165, 1.54) is 24.8 Å². The van der Waals surface area contributed by atoms with E-state index in [4.69, 9.17) is 11.6 Å². The van der Waals surface area contributed by atoms with Crippen LogP contribution in [0.5, 0.6) is 0 Å². The average Bonchev–Trinajstić information content (AvgIpc) is 3.25. The third-order valence-corrected chi connectivity index (χ3v) is 6.28. The number of rotatable bonds is 12. The number of hydrogen-bond donors (Lipinski definition) is 0. The van der Waals surface area contributed by atoms with Gasteiger partial charge < -0.3 is 9.47 Å². The van der Waals surface area contributed by atoms with E-state index in [1.54, 1.807) is 0 Å². The molecule has 4 heteroatoms. The first-order valence-corrected chi connectivity index (χ1v) is 12.3. The van der Waals surface area contributed by atoms with E-state index in [9.17, 15) is 4.79 Å².